The van der Waals surface area contributed by atoms with Gasteiger partial charge in [-0.05, 0) is 44.0 Å². The van der Waals surface area contributed by atoms with Crippen LogP contribution in [-0.4, -0.2) is 49.4 Å². The van der Waals surface area contributed by atoms with Gasteiger partial charge in [-0.25, -0.2) is 4.98 Å². The summed E-state index contributed by atoms with van der Waals surface area (Å²) >= 11 is 0. The summed E-state index contributed by atoms with van der Waals surface area (Å²) in [5.41, 5.74) is 1.30. The Morgan fingerprint density at radius 1 is 1.07 bits per heavy atom. The fourth-order valence-corrected chi connectivity index (χ4v) is 3.58. The number of benzene rings is 1. The van der Waals surface area contributed by atoms with Crippen LogP contribution in [0.25, 0.3) is 5.69 Å². The number of para-hydroxylation sites is 1. The van der Waals surface area contributed by atoms with Crippen molar-refractivity contribution in [3.8, 4) is 5.69 Å². The lowest BCUT2D eigenvalue weighted by Crippen LogP contribution is -2.52. The zero-order valence-electron chi connectivity index (χ0n) is 15.2. The fraction of sp³-hybridized carbons (Fsp3) is 0.300. The summed E-state index contributed by atoms with van der Waals surface area (Å²) in [5.74, 6) is 0.840. The van der Waals surface area contributed by atoms with Crippen molar-refractivity contribution in [3.05, 3.63) is 66.6 Å². The van der Waals surface area contributed by atoms with Crippen LogP contribution in [0.15, 0.2) is 61.1 Å². The largest absolute Gasteiger partial charge is 0.365 e. The Kier molecular flexibility index (Phi) is 4.82. The zero-order chi connectivity index (χ0) is 18.6. The van der Waals surface area contributed by atoms with Gasteiger partial charge in [-0.15, -0.1) is 0 Å². The molecular formula is C20H22N6O. The van der Waals surface area contributed by atoms with E-state index in [1.165, 1.54) is 4.80 Å². The number of piperidine rings is 1. The van der Waals surface area contributed by atoms with Crippen molar-refractivity contribution in [1.29, 1.82) is 0 Å². The third-order valence-corrected chi connectivity index (χ3v) is 5.02. The Morgan fingerprint density at radius 3 is 2.63 bits per heavy atom. The number of amides is 1. The molecule has 3 aromatic rings. The molecule has 27 heavy (non-hydrogen) atoms. The third-order valence-electron chi connectivity index (χ3n) is 5.02. The maximum Gasteiger partial charge on any atom is 0.256 e. The van der Waals surface area contributed by atoms with Crippen molar-refractivity contribution in [2.75, 3.05) is 11.9 Å². The number of likely N-dealkylation sites (tertiary alicyclic amines) is 1. The van der Waals surface area contributed by atoms with E-state index in [1.54, 1.807) is 18.6 Å². The first-order chi connectivity index (χ1) is 13.2. The van der Waals surface area contributed by atoms with Crippen LogP contribution in [0.5, 0.6) is 0 Å². The standard InChI is InChI=1S/C20H22N6O/c1-15-17(24-19-10-4-5-11-21-19)8-6-14-25(15)20(27)16-7-2-3-9-18(16)26-22-12-13-23-26/h2-5,7,9-13,15,17H,6,8,14H2,1H3,(H,21,24)/t15-,17?/m0/s1. The van der Waals surface area contributed by atoms with Crippen LogP contribution in [0, 0.1) is 0 Å². The number of hydrogen-bond donors (Lipinski definition) is 1. The van der Waals surface area contributed by atoms with Crippen LogP contribution < -0.4 is 5.32 Å². The van der Waals surface area contributed by atoms with Crippen LogP contribution in [0.1, 0.15) is 30.1 Å². The summed E-state index contributed by atoms with van der Waals surface area (Å²) in [4.78, 5) is 21.1. The third kappa shape index (κ3) is 3.53. The van der Waals surface area contributed by atoms with Gasteiger partial charge in [-0.3, -0.25) is 4.79 Å². The summed E-state index contributed by atoms with van der Waals surface area (Å²) in [6, 6.07) is 13.5. The van der Waals surface area contributed by atoms with Gasteiger partial charge in [0.1, 0.15) is 5.82 Å². The van der Waals surface area contributed by atoms with Crippen molar-refractivity contribution < 1.29 is 4.79 Å². The molecule has 1 unspecified atom stereocenters. The maximum atomic E-state index is 13.3. The van der Waals surface area contributed by atoms with Gasteiger partial charge >= 0.3 is 0 Å². The number of nitrogens with zero attached hydrogens (tertiary/aromatic N) is 5. The molecule has 1 amide bonds. The quantitative estimate of drug-likeness (QED) is 0.772. The Bertz CT molecular complexity index is 896. The van der Waals surface area contributed by atoms with E-state index in [1.807, 2.05) is 47.4 Å². The lowest BCUT2D eigenvalue weighted by atomic mass is 9.96. The molecule has 1 aliphatic heterocycles. The van der Waals surface area contributed by atoms with Gasteiger partial charge in [0.05, 0.1) is 23.6 Å². The minimum Gasteiger partial charge on any atom is -0.365 e. The summed E-state index contributed by atoms with van der Waals surface area (Å²) in [6.07, 6.45) is 6.94. The smallest absolute Gasteiger partial charge is 0.256 e. The molecule has 7 heteroatoms. The van der Waals surface area contributed by atoms with Crippen LogP contribution in [0.4, 0.5) is 5.82 Å². The highest BCUT2D eigenvalue weighted by Gasteiger charge is 2.32. The molecule has 1 saturated heterocycles. The van der Waals surface area contributed by atoms with E-state index in [-0.39, 0.29) is 18.0 Å². The minimum atomic E-state index is 0.00270. The highest BCUT2D eigenvalue weighted by atomic mass is 16.2. The number of hydrogen-bond acceptors (Lipinski definition) is 5. The molecule has 0 aliphatic carbocycles. The average Bonchev–Trinajstić information content (AvgIpc) is 3.25. The van der Waals surface area contributed by atoms with E-state index < -0.39 is 0 Å². The summed E-state index contributed by atoms with van der Waals surface area (Å²) in [5, 5.41) is 11.8. The van der Waals surface area contributed by atoms with Crippen LogP contribution >= 0.6 is 0 Å². The molecule has 2 aromatic heterocycles. The molecule has 7 nitrogen and oxygen atoms in total. The summed E-state index contributed by atoms with van der Waals surface area (Å²) in [7, 11) is 0. The lowest BCUT2D eigenvalue weighted by molar-refractivity contribution is 0.0616. The predicted octanol–water partition coefficient (Wildman–Crippen LogP) is 2.77. The van der Waals surface area contributed by atoms with E-state index in [9.17, 15) is 4.79 Å². The second-order valence-electron chi connectivity index (χ2n) is 6.68. The average molecular weight is 362 g/mol. The molecule has 0 saturated carbocycles. The van der Waals surface area contributed by atoms with Crippen molar-refractivity contribution in [1.82, 2.24) is 24.9 Å². The molecule has 1 fully saturated rings. The SMILES string of the molecule is C[C@H]1C(Nc2ccccn2)CCCN1C(=O)c1ccccc1-n1nccn1. The van der Waals surface area contributed by atoms with E-state index in [4.69, 9.17) is 0 Å². The number of rotatable bonds is 4. The first-order valence-electron chi connectivity index (χ1n) is 9.18. The van der Waals surface area contributed by atoms with Crippen molar-refractivity contribution >= 4 is 11.7 Å². The maximum absolute atomic E-state index is 13.3. The molecule has 2 atom stereocenters. The monoisotopic (exact) mass is 362 g/mol. The summed E-state index contributed by atoms with van der Waals surface area (Å²) in [6.45, 7) is 2.83. The highest BCUT2D eigenvalue weighted by molar-refractivity contribution is 5.98. The molecule has 0 bridgehead atoms. The molecule has 3 heterocycles. The number of carbonyl (C=O) groups is 1. The Morgan fingerprint density at radius 2 is 1.85 bits per heavy atom. The number of carbonyl (C=O) groups excluding carboxylic acids is 1. The van der Waals surface area contributed by atoms with Crippen LogP contribution in [-0.2, 0) is 0 Å². The van der Waals surface area contributed by atoms with E-state index in [2.05, 4.69) is 27.4 Å². The molecule has 0 radical (unpaired) electrons. The Hall–Kier alpha value is -3.22. The lowest BCUT2D eigenvalue weighted by Gasteiger charge is -2.40. The minimum absolute atomic E-state index is 0.00270. The first kappa shape index (κ1) is 17.2. The molecule has 4 rings (SSSR count). The van der Waals surface area contributed by atoms with E-state index >= 15 is 0 Å². The van der Waals surface area contributed by atoms with Gasteiger partial charge in [-0.1, -0.05) is 18.2 Å². The highest BCUT2D eigenvalue weighted by Crippen LogP contribution is 2.24. The van der Waals surface area contributed by atoms with Crippen molar-refractivity contribution in [3.63, 3.8) is 0 Å². The second-order valence-corrected chi connectivity index (χ2v) is 6.68. The van der Waals surface area contributed by atoms with Gasteiger partial charge in [-0.2, -0.15) is 15.0 Å². The Labute approximate surface area is 158 Å². The van der Waals surface area contributed by atoms with Gasteiger partial charge in [0.2, 0.25) is 0 Å². The topological polar surface area (TPSA) is 75.9 Å². The Balaban J connectivity index is 1.57. The second kappa shape index (κ2) is 7.57. The molecular weight excluding hydrogens is 340 g/mol. The van der Waals surface area contributed by atoms with Gasteiger partial charge in [0.25, 0.3) is 5.91 Å². The van der Waals surface area contributed by atoms with E-state index in [0.29, 0.717) is 11.3 Å². The molecule has 1 aliphatic rings. The number of nitrogens with one attached hydrogen (secondary N) is 1. The number of anilines is 1. The van der Waals surface area contributed by atoms with Crippen LogP contribution in [0.2, 0.25) is 0 Å². The van der Waals surface area contributed by atoms with E-state index in [0.717, 1.165) is 25.2 Å². The number of pyridine rings is 1. The van der Waals surface area contributed by atoms with Crippen molar-refractivity contribution in [2.45, 2.75) is 31.8 Å². The van der Waals surface area contributed by atoms with Crippen LogP contribution in [0.3, 0.4) is 0 Å². The predicted molar refractivity (Wildman–Crippen MR) is 103 cm³/mol. The zero-order valence-corrected chi connectivity index (χ0v) is 15.2. The summed E-state index contributed by atoms with van der Waals surface area (Å²) < 4.78 is 0. The van der Waals surface area contributed by atoms with Gasteiger partial charge in [0, 0.05) is 24.8 Å². The van der Waals surface area contributed by atoms with Gasteiger partial charge < -0.3 is 10.2 Å². The fourth-order valence-electron chi connectivity index (χ4n) is 3.58. The molecule has 0 spiro atoms. The van der Waals surface area contributed by atoms with Crippen molar-refractivity contribution in [2.24, 2.45) is 0 Å². The molecule has 1 N–H and O–H groups in total. The molecule has 1 aromatic carbocycles. The van der Waals surface area contributed by atoms with Gasteiger partial charge in [0.15, 0.2) is 0 Å². The first-order valence-corrected chi connectivity index (χ1v) is 9.18. The molecule has 138 valence electrons. The number of aromatic nitrogens is 4. The normalized spacial score (nSPS) is 19.7.